The van der Waals surface area contributed by atoms with E-state index in [1.165, 1.54) is 11.3 Å². The normalized spacial score (nSPS) is 10.8. The molecular formula is C10H15NOS. The fourth-order valence-electron chi connectivity index (χ4n) is 1.17. The lowest BCUT2D eigenvalue weighted by atomic mass is 10.1. The van der Waals surface area contributed by atoms with Gasteiger partial charge in [0.1, 0.15) is 0 Å². The first-order valence-electron chi connectivity index (χ1n) is 4.56. The van der Waals surface area contributed by atoms with Crippen LogP contribution in [0.5, 0.6) is 0 Å². The van der Waals surface area contributed by atoms with E-state index in [0.717, 1.165) is 22.0 Å². The number of hydrogen-bond donors (Lipinski definition) is 0. The number of Topliss-reactive ketones (excluding diaryl/α,β-unsaturated/α-hetero) is 1. The number of nitrogens with zero attached hydrogens (tertiary/aromatic N) is 1. The lowest BCUT2D eigenvalue weighted by molar-refractivity contribution is 0.102. The fraction of sp³-hybridized carbons (Fsp3) is 0.600. The molecular weight excluding hydrogens is 182 g/mol. The van der Waals surface area contributed by atoms with Crippen LogP contribution in [0.1, 0.15) is 54.0 Å². The Morgan fingerprint density at radius 1 is 1.54 bits per heavy atom. The molecule has 0 unspecified atom stereocenters. The van der Waals surface area contributed by atoms with E-state index in [1.807, 2.05) is 0 Å². The highest BCUT2D eigenvalue weighted by Crippen LogP contribution is 2.25. The molecule has 0 spiro atoms. The summed E-state index contributed by atoms with van der Waals surface area (Å²) >= 11 is 1.54. The number of aromatic nitrogens is 1. The number of rotatable bonds is 3. The van der Waals surface area contributed by atoms with E-state index < -0.39 is 0 Å². The Balaban J connectivity index is 3.15. The van der Waals surface area contributed by atoms with E-state index in [4.69, 9.17) is 0 Å². The van der Waals surface area contributed by atoms with Gasteiger partial charge in [0, 0.05) is 6.92 Å². The molecule has 0 aliphatic heterocycles. The predicted octanol–water partition coefficient (Wildman–Crippen LogP) is 3.03. The molecule has 0 amide bonds. The van der Waals surface area contributed by atoms with E-state index in [0.29, 0.717) is 5.92 Å². The highest BCUT2D eigenvalue weighted by atomic mass is 32.1. The van der Waals surface area contributed by atoms with Gasteiger partial charge in [0.25, 0.3) is 0 Å². The van der Waals surface area contributed by atoms with Gasteiger partial charge in [0.15, 0.2) is 5.78 Å². The summed E-state index contributed by atoms with van der Waals surface area (Å²) < 4.78 is 0. The topological polar surface area (TPSA) is 30.0 Å². The van der Waals surface area contributed by atoms with Crippen LogP contribution in [0, 0.1) is 0 Å². The van der Waals surface area contributed by atoms with Crippen LogP contribution in [0.2, 0.25) is 0 Å². The Morgan fingerprint density at radius 3 is 2.46 bits per heavy atom. The SMILES string of the molecule is CCc1nc(C(C)C)c(C(C)=O)s1. The molecule has 2 nitrogen and oxygen atoms in total. The van der Waals surface area contributed by atoms with Crippen molar-refractivity contribution in [3.05, 3.63) is 15.6 Å². The summed E-state index contributed by atoms with van der Waals surface area (Å²) in [6.45, 7) is 7.81. The zero-order valence-electron chi connectivity index (χ0n) is 8.55. The van der Waals surface area contributed by atoms with Crippen molar-refractivity contribution >= 4 is 17.1 Å². The minimum atomic E-state index is 0.140. The maximum absolute atomic E-state index is 11.3. The van der Waals surface area contributed by atoms with Gasteiger partial charge in [0.2, 0.25) is 0 Å². The van der Waals surface area contributed by atoms with Gasteiger partial charge in [-0.2, -0.15) is 0 Å². The zero-order chi connectivity index (χ0) is 10.0. The standard InChI is InChI=1S/C10H15NOS/c1-5-8-11-9(6(2)3)10(13-8)7(4)12/h6H,5H2,1-4H3. The molecule has 0 saturated heterocycles. The average Bonchev–Trinajstić information content (AvgIpc) is 2.47. The van der Waals surface area contributed by atoms with Crippen molar-refractivity contribution in [3.63, 3.8) is 0 Å². The number of hydrogen-bond acceptors (Lipinski definition) is 3. The third kappa shape index (κ3) is 2.15. The molecule has 0 fully saturated rings. The van der Waals surface area contributed by atoms with Gasteiger partial charge in [-0.15, -0.1) is 11.3 Å². The van der Waals surface area contributed by atoms with Gasteiger partial charge in [-0.05, 0) is 12.3 Å². The molecule has 0 aromatic carbocycles. The summed E-state index contributed by atoms with van der Waals surface area (Å²) in [5.41, 5.74) is 0.967. The number of aryl methyl sites for hydroxylation is 1. The minimum absolute atomic E-state index is 0.140. The Labute approximate surface area is 83.0 Å². The second-order valence-electron chi connectivity index (χ2n) is 3.39. The van der Waals surface area contributed by atoms with Crippen LogP contribution in [0.3, 0.4) is 0 Å². The first-order chi connectivity index (χ1) is 6.06. The smallest absolute Gasteiger partial charge is 0.171 e. The summed E-state index contributed by atoms with van der Waals surface area (Å²) in [6, 6.07) is 0. The molecule has 1 aromatic heterocycles. The van der Waals surface area contributed by atoms with E-state index in [-0.39, 0.29) is 5.78 Å². The van der Waals surface area contributed by atoms with Crippen molar-refractivity contribution in [1.29, 1.82) is 0 Å². The van der Waals surface area contributed by atoms with Crippen molar-refractivity contribution in [3.8, 4) is 0 Å². The molecule has 0 aliphatic rings. The minimum Gasteiger partial charge on any atom is -0.294 e. The predicted molar refractivity (Wildman–Crippen MR) is 55.6 cm³/mol. The van der Waals surface area contributed by atoms with Crippen LogP contribution < -0.4 is 0 Å². The van der Waals surface area contributed by atoms with E-state index in [9.17, 15) is 4.79 Å². The van der Waals surface area contributed by atoms with E-state index >= 15 is 0 Å². The molecule has 72 valence electrons. The average molecular weight is 197 g/mol. The second kappa shape index (κ2) is 4.01. The molecule has 0 saturated carbocycles. The highest BCUT2D eigenvalue weighted by Gasteiger charge is 2.16. The summed E-state index contributed by atoms with van der Waals surface area (Å²) in [7, 11) is 0. The summed E-state index contributed by atoms with van der Waals surface area (Å²) in [6.07, 6.45) is 0.914. The van der Waals surface area contributed by atoms with Crippen LogP contribution in [-0.4, -0.2) is 10.8 Å². The number of thiazole rings is 1. The molecule has 1 rings (SSSR count). The van der Waals surface area contributed by atoms with Crippen LogP contribution in [0.15, 0.2) is 0 Å². The van der Waals surface area contributed by atoms with Gasteiger partial charge >= 0.3 is 0 Å². The monoisotopic (exact) mass is 197 g/mol. The molecule has 0 radical (unpaired) electrons. The molecule has 1 aromatic rings. The number of ketones is 1. The Morgan fingerprint density at radius 2 is 2.15 bits per heavy atom. The molecule has 0 aliphatic carbocycles. The highest BCUT2D eigenvalue weighted by molar-refractivity contribution is 7.13. The van der Waals surface area contributed by atoms with Crippen LogP contribution in [0.4, 0.5) is 0 Å². The van der Waals surface area contributed by atoms with E-state index in [2.05, 4.69) is 25.8 Å². The largest absolute Gasteiger partial charge is 0.294 e. The first kappa shape index (κ1) is 10.4. The first-order valence-corrected chi connectivity index (χ1v) is 5.38. The second-order valence-corrected chi connectivity index (χ2v) is 4.47. The number of carbonyl (C=O) groups excluding carboxylic acids is 1. The van der Waals surface area contributed by atoms with Crippen molar-refractivity contribution in [2.24, 2.45) is 0 Å². The van der Waals surface area contributed by atoms with Crippen LogP contribution in [0.25, 0.3) is 0 Å². The van der Waals surface area contributed by atoms with Crippen molar-refractivity contribution < 1.29 is 4.79 Å². The summed E-state index contributed by atoms with van der Waals surface area (Å²) in [5.74, 6) is 0.483. The summed E-state index contributed by atoms with van der Waals surface area (Å²) in [4.78, 5) is 16.6. The van der Waals surface area contributed by atoms with Gasteiger partial charge in [-0.1, -0.05) is 20.8 Å². The lowest BCUT2D eigenvalue weighted by Crippen LogP contribution is -1.97. The quantitative estimate of drug-likeness (QED) is 0.697. The fourth-order valence-corrected chi connectivity index (χ4v) is 2.23. The Kier molecular flexibility index (Phi) is 3.20. The Bertz CT molecular complexity index is 315. The van der Waals surface area contributed by atoms with Crippen molar-refractivity contribution in [2.45, 2.75) is 40.0 Å². The summed E-state index contributed by atoms with van der Waals surface area (Å²) in [5, 5.41) is 1.06. The lowest BCUT2D eigenvalue weighted by Gasteiger charge is -2.00. The molecule has 1 heterocycles. The molecule has 3 heteroatoms. The third-order valence-corrected chi connectivity index (χ3v) is 3.18. The van der Waals surface area contributed by atoms with E-state index in [1.54, 1.807) is 6.92 Å². The van der Waals surface area contributed by atoms with Crippen LogP contribution in [-0.2, 0) is 6.42 Å². The third-order valence-electron chi connectivity index (χ3n) is 1.87. The maximum atomic E-state index is 11.3. The van der Waals surface area contributed by atoms with Gasteiger partial charge in [-0.25, -0.2) is 4.98 Å². The van der Waals surface area contributed by atoms with Gasteiger partial charge < -0.3 is 0 Å². The Hall–Kier alpha value is -0.700. The van der Waals surface area contributed by atoms with Gasteiger partial charge in [0.05, 0.1) is 15.6 Å². The maximum Gasteiger partial charge on any atom is 0.171 e. The number of carbonyl (C=O) groups is 1. The van der Waals surface area contributed by atoms with Crippen molar-refractivity contribution in [1.82, 2.24) is 4.98 Å². The molecule has 13 heavy (non-hydrogen) atoms. The molecule has 0 atom stereocenters. The zero-order valence-corrected chi connectivity index (χ0v) is 9.36. The molecule has 0 N–H and O–H groups in total. The van der Waals surface area contributed by atoms with Crippen molar-refractivity contribution in [2.75, 3.05) is 0 Å². The molecule has 0 bridgehead atoms. The van der Waals surface area contributed by atoms with Crippen LogP contribution >= 0.6 is 11.3 Å². The van der Waals surface area contributed by atoms with Gasteiger partial charge in [-0.3, -0.25) is 4.79 Å².